The van der Waals surface area contributed by atoms with E-state index in [1.54, 1.807) is 0 Å². The van der Waals surface area contributed by atoms with E-state index < -0.39 is 0 Å². The molecule has 1 aromatic heterocycles. The predicted octanol–water partition coefficient (Wildman–Crippen LogP) is 3.89. The Morgan fingerprint density at radius 3 is 2.88 bits per heavy atom. The molecule has 1 aliphatic heterocycles. The van der Waals surface area contributed by atoms with Gasteiger partial charge in [0.05, 0.1) is 12.1 Å². The van der Waals surface area contributed by atoms with Crippen molar-refractivity contribution in [3.05, 3.63) is 20.3 Å². The van der Waals surface area contributed by atoms with Crippen LogP contribution in [0.1, 0.15) is 36.1 Å². The number of halogens is 1. The zero-order chi connectivity index (χ0) is 12.4. The minimum Gasteiger partial charge on any atom is -0.376 e. The van der Waals surface area contributed by atoms with Crippen molar-refractivity contribution in [3.8, 4) is 0 Å². The number of nitrogens with one attached hydrogen (secondary N) is 1. The minimum absolute atomic E-state index is 0.319. The SMILES string of the molecule is CCNC(c1cc(Br)c(C)s1)C1OCCC1C. The Kier molecular flexibility index (Phi) is 4.64. The summed E-state index contributed by atoms with van der Waals surface area (Å²) in [5.41, 5.74) is 0. The van der Waals surface area contributed by atoms with E-state index in [4.69, 9.17) is 4.74 Å². The van der Waals surface area contributed by atoms with E-state index in [0.717, 1.165) is 13.2 Å². The number of ether oxygens (including phenoxy) is 1. The largest absolute Gasteiger partial charge is 0.376 e. The van der Waals surface area contributed by atoms with Crippen molar-refractivity contribution in [1.29, 1.82) is 0 Å². The van der Waals surface area contributed by atoms with E-state index in [9.17, 15) is 0 Å². The van der Waals surface area contributed by atoms with Crippen LogP contribution in [-0.4, -0.2) is 19.3 Å². The zero-order valence-electron chi connectivity index (χ0n) is 10.6. The summed E-state index contributed by atoms with van der Waals surface area (Å²) in [5.74, 6) is 0.639. The molecule has 0 amide bonds. The van der Waals surface area contributed by atoms with Gasteiger partial charge in [0.2, 0.25) is 0 Å². The van der Waals surface area contributed by atoms with E-state index in [0.29, 0.717) is 18.1 Å². The molecule has 17 heavy (non-hydrogen) atoms. The third-order valence-corrected chi connectivity index (χ3v) is 5.60. The maximum absolute atomic E-state index is 5.91. The van der Waals surface area contributed by atoms with Crippen molar-refractivity contribution < 1.29 is 4.74 Å². The van der Waals surface area contributed by atoms with E-state index in [2.05, 4.69) is 48.1 Å². The molecule has 1 aromatic rings. The maximum Gasteiger partial charge on any atom is 0.0804 e. The molecule has 3 unspecified atom stereocenters. The third kappa shape index (κ3) is 2.92. The van der Waals surface area contributed by atoms with Gasteiger partial charge in [0.1, 0.15) is 0 Å². The zero-order valence-corrected chi connectivity index (χ0v) is 13.0. The summed E-state index contributed by atoms with van der Waals surface area (Å²) in [6.07, 6.45) is 1.50. The van der Waals surface area contributed by atoms with Crippen LogP contribution in [-0.2, 0) is 4.74 Å². The van der Waals surface area contributed by atoms with Gasteiger partial charge < -0.3 is 10.1 Å². The highest BCUT2D eigenvalue weighted by molar-refractivity contribution is 9.10. The minimum atomic E-state index is 0.319. The molecule has 0 aromatic carbocycles. The first-order chi connectivity index (χ1) is 8.13. The van der Waals surface area contributed by atoms with Crippen molar-refractivity contribution in [2.24, 2.45) is 5.92 Å². The molecule has 2 rings (SSSR count). The smallest absolute Gasteiger partial charge is 0.0804 e. The summed E-state index contributed by atoms with van der Waals surface area (Å²) in [4.78, 5) is 2.73. The van der Waals surface area contributed by atoms with Crippen LogP contribution >= 0.6 is 27.3 Å². The van der Waals surface area contributed by atoms with Crippen molar-refractivity contribution in [2.45, 2.75) is 39.3 Å². The van der Waals surface area contributed by atoms with Crippen molar-refractivity contribution in [2.75, 3.05) is 13.2 Å². The van der Waals surface area contributed by atoms with Gasteiger partial charge in [0.15, 0.2) is 0 Å². The Morgan fingerprint density at radius 2 is 2.41 bits per heavy atom. The van der Waals surface area contributed by atoms with E-state index in [1.165, 1.54) is 20.6 Å². The van der Waals surface area contributed by atoms with Crippen LogP contribution in [0.4, 0.5) is 0 Å². The van der Waals surface area contributed by atoms with Gasteiger partial charge in [0, 0.05) is 20.8 Å². The molecule has 1 N–H and O–H groups in total. The number of rotatable bonds is 4. The number of likely N-dealkylation sites (N-methyl/N-ethyl adjacent to an activating group) is 1. The van der Waals surface area contributed by atoms with Gasteiger partial charge in [0.25, 0.3) is 0 Å². The van der Waals surface area contributed by atoms with Crippen molar-refractivity contribution in [1.82, 2.24) is 5.32 Å². The summed E-state index contributed by atoms with van der Waals surface area (Å²) >= 11 is 5.46. The lowest BCUT2D eigenvalue weighted by Gasteiger charge is -2.26. The fourth-order valence-corrected chi connectivity index (χ4v) is 4.05. The second kappa shape index (κ2) is 5.83. The van der Waals surface area contributed by atoms with Crippen LogP contribution in [0.15, 0.2) is 10.5 Å². The first kappa shape index (κ1) is 13.5. The molecule has 1 saturated heterocycles. The highest BCUT2D eigenvalue weighted by Gasteiger charge is 2.33. The first-order valence-corrected chi connectivity index (χ1v) is 7.85. The van der Waals surface area contributed by atoms with Gasteiger partial charge in [-0.3, -0.25) is 0 Å². The van der Waals surface area contributed by atoms with Crippen LogP contribution in [0.3, 0.4) is 0 Å². The maximum atomic E-state index is 5.91. The Morgan fingerprint density at radius 1 is 1.65 bits per heavy atom. The molecule has 0 saturated carbocycles. The van der Waals surface area contributed by atoms with Crippen LogP contribution in [0.2, 0.25) is 0 Å². The predicted molar refractivity (Wildman–Crippen MR) is 76.7 cm³/mol. The molecule has 1 aliphatic rings. The summed E-state index contributed by atoms with van der Waals surface area (Å²) in [7, 11) is 0. The van der Waals surface area contributed by atoms with Crippen LogP contribution in [0.25, 0.3) is 0 Å². The molecule has 2 nitrogen and oxygen atoms in total. The highest BCUT2D eigenvalue weighted by atomic mass is 79.9. The Balaban J connectivity index is 2.21. The van der Waals surface area contributed by atoms with E-state index in [-0.39, 0.29) is 0 Å². The lowest BCUT2D eigenvalue weighted by atomic mass is 9.96. The number of hydrogen-bond acceptors (Lipinski definition) is 3. The highest BCUT2D eigenvalue weighted by Crippen LogP contribution is 2.37. The molecular weight excluding hydrogens is 298 g/mol. The van der Waals surface area contributed by atoms with Crippen LogP contribution in [0.5, 0.6) is 0 Å². The number of aryl methyl sites for hydroxylation is 1. The topological polar surface area (TPSA) is 21.3 Å². The lowest BCUT2D eigenvalue weighted by Crippen LogP contribution is -2.34. The molecule has 0 spiro atoms. The molecule has 0 bridgehead atoms. The average Bonchev–Trinajstić information content (AvgIpc) is 2.83. The second-order valence-corrected chi connectivity index (χ2v) is 6.83. The fourth-order valence-electron chi connectivity index (χ4n) is 2.38. The molecule has 1 fully saturated rings. The summed E-state index contributed by atoms with van der Waals surface area (Å²) in [6.45, 7) is 8.48. The quantitative estimate of drug-likeness (QED) is 0.909. The normalized spacial score (nSPS) is 26.4. The van der Waals surface area contributed by atoms with Gasteiger partial charge in [-0.1, -0.05) is 13.8 Å². The fraction of sp³-hybridized carbons (Fsp3) is 0.692. The van der Waals surface area contributed by atoms with E-state index in [1.807, 2.05) is 11.3 Å². The average molecular weight is 318 g/mol. The summed E-state index contributed by atoms with van der Waals surface area (Å²) in [5, 5.41) is 3.58. The molecule has 4 heteroatoms. The van der Waals surface area contributed by atoms with Crippen LogP contribution < -0.4 is 5.32 Å². The Hall–Kier alpha value is 0.1000. The standard InChI is InChI=1S/C13H20BrNOS/c1-4-15-12(13-8(2)5-6-16-13)11-7-10(14)9(3)17-11/h7-8,12-13,15H,4-6H2,1-3H3. The summed E-state index contributed by atoms with van der Waals surface area (Å²) in [6, 6.07) is 2.58. The van der Waals surface area contributed by atoms with Gasteiger partial charge in [-0.15, -0.1) is 11.3 Å². The molecular formula is C13H20BrNOS. The number of thiophene rings is 1. The second-order valence-electron chi connectivity index (χ2n) is 4.69. The van der Waals surface area contributed by atoms with Gasteiger partial charge in [-0.05, 0) is 47.8 Å². The Bertz CT molecular complexity index is 360. The Labute approximate surface area is 116 Å². The van der Waals surface area contributed by atoms with Crippen molar-refractivity contribution in [3.63, 3.8) is 0 Å². The van der Waals surface area contributed by atoms with Crippen molar-refractivity contribution >= 4 is 27.3 Å². The summed E-state index contributed by atoms with van der Waals surface area (Å²) < 4.78 is 7.13. The first-order valence-electron chi connectivity index (χ1n) is 6.24. The molecule has 3 atom stereocenters. The van der Waals surface area contributed by atoms with Gasteiger partial charge in [-0.2, -0.15) is 0 Å². The molecule has 2 heterocycles. The molecule has 96 valence electrons. The number of hydrogen-bond donors (Lipinski definition) is 1. The molecule has 0 radical (unpaired) electrons. The van der Waals surface area contributed by atoms with E-state index >= 15 is 0 Å². The lowest BCUT2D eigenvalue weighted by molar-refractivity contribution is 0.0622. The van der Waals surface area contributed by atoms with Gasteiger partial charge in [-0.25, -0.2) is 0 Å². The monoisotopic (exact) mass is 317 g/mol. The molecule has 0 aliphatic carbocycles. The van der Waals surface area contributed by atoms with Crippen LogP contribution in [0, 0.1) is 12.8 Å². The third-order valence-electron chi connectivity index (χ3n) is 3.38. The van der Waals surface area contributed by atoms with Gasteiger partial charge >= 0.3 is 0 Å².